The van der Waals surface area contributed by atoms with Crippen molar-refractivity contribution in [2.24, 2.45) is 0 Å². The van der Waals surface area contributed by atoms with E-state index >= 15 is 0 Å². The first kappa shape index (κ1) is 13.6. The number of rotatable bonds is 5. The van der Waals surface area contributed by atoms with E-state index in [9.17, 15) is 4.79 Å². The molecule has 0 spiro atoms. The van der Waals surface area contributed by atoms with E-state index in [1.54, 1.807) is 0 Å². The number of imidazole rings is 1. The standard InChI is InChI=1S/C15H24N4O/c1-3-7-16-15(20)11(2)18-8-6-14-13(9-18)17-10-19(14)12-4-5-12/h10-12H,3-9H2,1-2H3,(H,16,20)/t11-/m1/s1. The zero-order chi connectivity index (χ0) is 14.1. The number of carbonyl (C=O) groups excluding carboxylic acids is 1. The largest absolute Gasteiger partial charge is 0.355 e. The Bertz CT molecular complexity index is 492. The van der Waals surface area contributed by atoms with Gasteiger partial charge in [-0.3, -0.25) is 9.69 Å². The minimum absolute atomic E-state index is 0.0687. The van der Waals surface area contributed by atoms with Crippen LogP contribution in [0.3, 0.4) is 0 Å². The molecule has 1 atom stereocenters. The number of carbonyl (C=O) groups is 1. The predicted molar refractivity (Wildman–Crippen MR) is 77.4 cm³/mol. The number of hydrogen-bond acceptors (Lipinski definition) is 3. The molecule has 0 radical (unpaired) electrons. The third-order valence-corrected chi connectivity index (χ3v) is 4.39. The number of aromatic nitrogens is 2. The molecule has 1 aliphatic heterocycles. The molecule has 1 saturated carbocycles. The Labute approximate surface area is 120 Å². The first-order valence-corrected chi connectivity index (χ1v) is 7.77. The maximum Gasteiger partial charge on any atom is 0.237 e. The van der Waals surface area contributed by atoms with Gasteiger partial charge in [0, 0.05) is 37.8 Å². The van der Waals surface area contributed by atoms with Gasteiger partial charge in [-0.15, -0.1) is 0 Å². The van der Waals surface area contributed by atoms with Gasteiger partial charge in [-0.25, -0.2) is 4.98 Å². The highest BCUT2D eigenvalue weighted by molar-refractivity contribution is 5.81. The summed E-state index contributed by atoms with van der Waals surface area (Å²) in [6.07, 6.45) is 6.57. The molecule has 0 saturated heterocycles. The molecule has 3 rings (SSSR count). The van der Waals surface area contributed by atoms with Gasteiger partial charge in [0.25, 0.3) is 0 Å². The summed E-state index contributed by atoms with van der Waals surface area (Å²) in [5, 5.41) is 2.98. The Balaban J connectivity index is 1.64. The van der Waals surface area contributed by atoms with Gasteiger partial charge in [0.1, 0.15) is 0 Å². The van der Waals surface area contributed by atoms with Gasteiger partial charge < -0.3 is 9.88 Å². The van der Waals surface area contributed by atoms with Crippen molar-refractivity contribution in [1.29, 1.82) is 0 Å². The van der Waals surface area contributed by atoms with Crippen molar-refractivity contribution in [3.05, 3.63) is 17.7 Å². The summed E-state index contributed by atoms with van der Waals surface area (Å²) in [6.45, 7) is 6.58. The summed E-state index contributed by atoms with van der Waals surface area (Å²) in [7, 11) is 0. The smallest absolute Gasteiger partial charge is 0.237 e. The quantitative estimate of drug-likeness (QED) is 0.886. The fourth-order valence-corrected chi connectivity index (χ4v) is 2.91. The van der Waals surface area contributed by atoms with E-state index in [2.05, 4.69) is 26.7 Å². The van der Waals surface area contributed by atoms with Gasteiger partial charge in [0.05, 0.1) is 18.1 Å². The maximum absolute atomic E-state index is 12.1. The summed E-state index contributed by atoms with van der Waals surface area (Å²) in [5.41, 5.74) is 2.56. The third kappa shape index (κ3) is 2.59. The van der Waals surface area contributed by atoms with Crippen LogP contribution in [0.25, 0.3) is 0 Å². The first-order chi connectivity index (χ1) is 9.70. The zero-order valence-corrected chi connectivity index (χ0v) is 12.4. The molecular weight excluding hydrogens is 252 g/mol. The lowest BCUT2D eigenvalue weighted by atomic mass is 10.1. The van der Waals surface area contributed by atoms with E-state index < -0.39 is 0 Å². The van der Waals surface area contributed by atoms with E-state index in [4.69, 9.17) is 0 Å². The van der Waals surface area contributed by atoms with Gasteiger partial charge in [-0.05, 0) is 26.2 Å². The molecular formula is C15H24N4O. The second kappa shape index (κ2) is 5.56. The van der Waals surface area contributed by atoms with E-state index in [1.807, 2.05) is 13.3 Å². The fourth-order valence-electron chi connectivity index (χ4n) is 2.91. The summed E-state index contributed by atoms with van der Waals surface area (Å²) in [5.74, 6) is 0.136. The van der Waals surface area contributed by atoms with Crippen molar-refractivity contribution in [3.8, 4) is 0 Å². The maximum atomic E-state index is 12.1. The summed E-state index contributed by atoms with van der Waals surface area (Å²) in [4.78, 5) is 18.9. The normalized spacial score (nSPS) is 20.5. The highest BCUT2D eigenvalue weighted by Gasteiger charge is 2.31. The Morgan fingerprint density at radius 1 is 1.55 bits per heavy atom. The van der Waals surface area contributed by atoms with Crippen LogP contribution in [0.2, 0.25) is 0 Å². The minimum atomic E-state index is -0.0687. The van der Waals surface area contributed by atoms with Crippen molar-refractivity contribution in [2.45, 2.75) is 58.2 Å². The van der Waals surface area contributed by atoms with Crippen LogP contribution in [-0.2, 0) is 17.8 Å². The molecule has 1 aliphatic carbocycles. The fraction of sp³-hybridized carbons (Fsp3) is 0.733. The van der Waals surface area contributed by atoms with Crippen molar-refractivity contribution in [3.63, 3.8) is 0 Å². The summed E-state index contributed by atoms with van der Waals surface area (Å²) >= 11 is 0. The molecule has 1 aromatic rings. The average molecular weight is 276 g/mol. The topological polar surface area (TPSA) is 50.2 Å². The molecule has 2 heterocycles. The van der Waals surface area contributed by atoms with Crippen molar-refractivity contribution >= 4 is 5.91 Å². The highest BCUT2D eigenvalue weighted by Crippen LogP contribution is 2.37. The zero-order valence-electron chi connectivity index (χ0n) is 12.4. The lowest BCUT2D eigenvalue weighted by Crippen LogP contribution is -2.47. The second-order valence-corrected chi connectivity index (χ2v) is 5.96. The molecule has 1 amide bonds. The Morgan fingerprint density at radius 2 is 2.35 bits per heavy atom. The molecule has 5 heteroatoms. The number of amides is 1. The van der Waals surface area contributed by atoms with Crippen LogP contribution >= 0.6 is 0 Å². The van der Waals surface area contributed by atoms with Gasteiger partial charge >= 0.3 is 0 Å². The Kier molecular flexibility index (Phi) is 3.78. The monoisotopic (exact) mass is 276 g/mol. The van der Waals surface area contributed by atoms with Crippen molar-refractivity contribution in [1.82, 2.24) is 19.8 Å². The number of nitrogens with one attached hydrogen (secondary N) is 1. The lowest BCUT2D eigenvalue weighted by molar-refractivity contribution is -0.126. The third-order valence-electron chi connectivity index (χ3n) is 4.39. The molecule has 5 nitrogen and oxygen atoms in total. The molecule has 1 fully saturated rings. The highest BCUT2D eigenvalue weighted by atomic mass is 16.2. The molecule has 2 aliphatic rings. The molecule has 110 valence electrons. The predicted octanol–water partition coefficient (Wildman–Crippen LogP) is 1.49. The van der Waals surface area contributed by atoms with Gasteiger partial charge in [-0.1, -0.05) is 6.92 Å². The molecule has 0 unspecified atom stereocenters. The van der Waals surface area contributed by atoms with Crippen LogP contribution < -0.4 is 5.32 Å². The van der Waals surface area contributed by atoms with Crippen LogP contribution in [0.5, 0.6) is 0 Å². The summed E-state index contributed by atoms with van der Waals surface area (Å²) in [6, 6.07) is 0.629. The van der Waals surface area contributed by atoms with Crippen LogP contribution in [0.15, 0.2) is 6.33 Å². The number of hydrogen-bond donors (Lipinski definition) is 1. The number of fused-ring (bicyclic) bond motifs is 1. The lowest BCUT2D eigenvalue weighted by Gasteiger charge is -2.31. The first-order valence-electron chi connectivity index (χ1n) is 7.77. The van der Waals surface area contributed by atoms with Crippen molar-refractivity contribution < 1.29 is 4.79 Å². The van der Waals surface area contributed by atoms with Gasteiger partial charge in [0.2, 0.25) is 5.91 Å². The van der Waals surface area contributed by atoms with Gasteiger partial charge in [-0.2, -0.15) is 0 Å². The van der Waals surface area contributed by atoms with Crippen LogP contribution in [0.4, 0.5) is 0 Å². The van der Waals surface area contributed by atoms with E-state index in [-0.39, 0.29) is 11.9 Å². The number of nitrogens with zero attached hydrogens (tertiary/aromatic N) is 3. The Morgan fingerprint density at radius 3 is 3.05 bits per heavy atom. The van der Waals surface area contributed by atoms with Gasteiger partial charge in [0.15, 0.2) is 0 Å². The van der Waals surface area contributed by atoms with Crippen LogP contribution in [0.1, 0.15) is 50.5 Å². The second-order valence-electron chi connectivity index (χ2n) is 5.96. The summed E-state index contributed by atoms with van der Waals surface area (Å²) < 4.78 is 2.36. The molecule has 0 aromatic carbocycles. The van der Waals surface area contributed by atoms with Crippen LogP contribution in [0, 0.1) is 0 Å². The Hall–Kier alpha value is -1.36. The molecule has 1 aromatic heterocycles. The van der Waals surface area contributed by atoms with E-state index in [0.717, 1.165) is 32.5 Å². The van der Waals surface area contributed by atoms with E-state index in [0.29, 0.717) is 6.04 Å². The van der Waals surface area contributed by atoms with E-state index in [1.165, 1.54) is 24.2 Å². The minimum Gasteiger partial charge on any atom is -0.355 e. The molecule has 20 heavy (non-hydrogen) atoms. The van der Waals surface area contributed by atoms with Crippen molar-refractivity contribution in [2.75, 3.05) is 13.1 Å². The SMILES string of the molecule is CCCNC(=O)[C@@H](C)N1CCc2c(ncn2C2CC2)C1. The van der Waals surface area contributed by atoms with Crippen LogP contribution in [-0.4, -0.2) is 39.5 Å². The molecule has 0 bridgehead atoms. The average Bonchev–Trinajstić information content (AvgIpc) is 3.23. The molecule has 1 N–H and O–H groups in total.